The predicted molar refractivity (Wildman–Crippen MR) is 38.7 cm³/mol. The standard InChI is InChI=1S/C6H15NO4/c1-4(11-7-2)6(10)5(9)3-8/h4-10H,3H2,1-2H3/t4-,5+,6+/m0/s1. The van der Waals surface area contributed by atoms with Gasteiger partial charge in [0.25, 0.3) is 0 Å². The summed E-state index contributed by atoms with van der Waals surface area (Å²) in [7, 11) is 1.55. The SMILES string of the molecule is CNO[C@@H](C)[C@@H](O)[C@H](O)CO. The maximum Gasteiger partial charge on any atom is 0.110 e. The van der Waals surface area contributed by atoms with Gasteiger partial charge < -0.3 is 15.3 Å². The molecule has 0 rings (SSSR count). The molecule has 68 valence electrons. The van der Waals surface area contributed by atoms with Crippen LogP contribution >= 0.6 is 0 Å². The van der Waals surface area contributed by atoms with Gasteiger partial charge in [-0.1, -0.05) is 0 Å². The Morgan fingerprint density at radius 2 is 2.00 bits per heavy atom. The molecule has 11 heavy (non-hydrogen) atoms. The van der Waals surface area contributed by atoms with Crippen molar-refractivity contribution >= 4 is 0 Å². The fraction of sp³-hybridized carbons (Fsp3) is 1.00. The van der Waals surface area contributed by atoms with Gasteiger partial charge in [0.1, 0.15) is 18.3 Å². The smallest absolute Gasteiger partial charge is 0.110 e. The third-order valence-electron chi connectivity index (χ3n) is 1.37. The largest absolute Gasteiger partial charge is 0.394 e. The number of nitrogens with one attached hydrogen (secondary N) is 1. The van der Waals surface area contributed by atoms with Crippen molar-refractivity contribution in [3.63, 3.8) is 0 Å². The van der Waals surface area contributed by atoms with E-state index in [9.17, 15) is 0 Å². The molecule has 0 aromatic carbocycles. The highest BCUT2D eigenvalue weighted by atomic mass is 16.7. The number of aliphatic hydroxyl groups excluding tert-OH is 3. The van der Waals surface area contributed by atoms with Crippen molar-refractivity contribution in [3.8, 4) is 0 Å². The summed E-state index contributed by atoms with van der Waals surface area (Å²) in [5, 5.41) is 26.5. The van der Waals surface area contributed by atoms with Gasteiger partial charge in [0.15, 0.2) is 0 Å². The third-order valence-corrected chi connectivity index (χ3v) is 1.37. The highest BCUT2D eigenvalue weighted by Gasteiger charge is 2.22. The molecule has 0 saturated heterocycles. The van der Waals surface area contributed by atoms with Gasteiger partial charge in [0, 0.05) is 7.05 Å². The molecule has 5 nitrogen and oxygen atoms in total. The van der Waals surface area contributed by atoms with Crippen molar-refractivity contribution in [2.24, 2.45) is 0 Å². The van der Waals surface area contributed by atoms with Crippen LogP contribution in [0.2, 0.25) is 0 Å². The van der Waals surface area contributed by atoms with Gasteiger partial charge >= 0.3 is 0 Å². The lowest BCUT2D eigenvalue weighted by atomic mass is 10.1. The molecule has 0 amide bonds. The maximum absolute atomic E-state index is 9.14. The average Bonchev–Trinajstić information content (AvgIpc) is 2.02. The zero-order valence-corrected chi connectivity index (χ0v) is 6.69. The molecule has 0 bridgehead atoms. The summed E-state index contributed by atoms with van der Waals surface area (Å²) in [6.45, 7) is 1.11. The maximum atomic E-state index is 9.14. The van der Waals surface area contributed by atoms with E-state index in [4.69, 9.17) is 20.2 Å². The van der Waals surface area contributed by atoms with E-state index in [0.717, 1.165) is 0 Å². The molecular weight excluding hydrogens is 150 g/mol. The first kappa shape index (κ1) is 10.8. The Bertz CT molecular complexity index is 101. The number of aliphatic hydroxyl groups is 3. The minimum Gasteiger partial charge on any atom is -0.394 e. The average molecular weight is 165 g/mol. The highest BCUT2D eigenvalue weighted by molar-refractivity contribution is 4.71. The van der Waals surface area contributed by atoms with Gasteiger partial charge in [0.05, 0.1) is 6.61 Å². The second kappa shape index (κ2) is 5.45. The topological polar surface area (TPSA) is 82.0 Å². The molecule has 0 aliphatic carbocycles. The predicted octanol–water partition coefficient (Wildman–Crippen LogP) is -1.76. The van der Waals surface area contributed by atoms with Crippen LogP contribution < -0.4 is 5.48 Å². The summed E-state index contributed by atoms with van der Waals surface area (Å²) < 4.78 is 0. The summed E-state index contributed by atoms with van der Waals surface area (Å²) in [6, 6.07) is 0. The van der Waals surface area contributed by atoms with Crippen LogP contribution in [-0.4, -0.2) is 47.3 Å². The third kappa shape index (κ3) is 3.64. The molecule has 3 atom stereocenters. The molecule has 0 aromatic rings. The van der Waals surface area contributed by atoms with E-state index >= 15 is 0 Å². The van der Waals surface area contributed by atoms with E-state index in [1.807, 2.05) is 0 Å². The quantitative estimate of drug-likeness (QED) is 0.363. The van der Waals surface area contributed by atoms with E-state index in [1.165, 1.54) is 0 Å². The Balaban J connectivity index is 3.70. The lowest BCUT2D eigenvalue weighted by molar-refractivity contribution is -0.118. The van der Waals surface area contributed by atoms with Gasteiger partial charge in [-0.3, -0.25) is 4.84 Å². The second-order valence-electron chi connectivity index (χ2n) is 2.27. The minimum atomic E-state index is -1.15. The van der Waals surface area contributed by atoms with Crippen LogP contribution in [0, 0.1) is 0 Å². The van der Waals surface area contributed by atoms with Crippen LogP contribution in [0.3, 0.4) is 0 Å². The molecule has 0 aliphatic heterocycles. The van der Waals surface area contributed by atoms with Crippen molar-refractivity contribution in [2.45, 2.75) is 25.2 Å². The van der Waals surface area contributed by atoms with Crippen molar-refractivity contribution in [3.05, 3.63) is 0 Å². The molecule has 0 unspecified atom stereocenters. The molecule has 4 N–H and O–H groups in total. The van der Waals surface area contributed by atoms with Crippen LogP contribution in [-0.2, 0) is 4.84 Å². The van der Waals surface area contributed by atoms with E-state index in [1.54, 1.807) is 14.0 Å². The summed E-state index contributed by atoms with van der Waals surface area (Å²) in [5.74, 6) is 0. The van der Waals surface area contributed by atoms with Gasteiger partial charge in [-0.2, -0.15) is 0 Å². The Morgan fingerprint density at radius 3 is 2.36 bits per heavy atom. The summed E-state index contributed by atoms with van der Waals surface area (Å²) in [4.78, 5) is 4.76. The molecule has 0 radical (unpaired) electrons. The van der Waals surface area contributed by atoms with Crippen LogP contribution in [0.1, 0.15) is 6.92 Å². The normalized spacial score (nSPS) is 19.4. The molecule has 0 heterocycles. The molecule has 0 saturated carbocycles. The molecule has 0 aromatic heterocycles. The van der Waals surface area contributed by atoms with E-state index < -0.39 is 24.9 Å². The zero-order chi connectivity index (χ0) is 8.85. The van der Waals surface area contributed by atoms with E-state index in [-0.39, 0.29) is 0 Å². The Kier molecular flexibility index (Phi) is 5.35. The fourth-order valence-electron chi connectivity index (χ4n) is 0.676. The highest BCUT2D eigenvalue weighted by Crippen LogP contribution is 2.01. The molecule has 0 spiro atoms. The van der Waals surface area contributed by atoms with Crippen molar-refractivity contribution in [2.75, 3.05) is 13.7 Å². The molecule has 0 aliphatic rings. The Labute approximate surface area is 65.6 Å². The molecular formula is C6H15NO4. The monoisotopic (exact) mass is 165 g/mol. The van der Waals surface area contributed by atoms with E-state index in [2.05, 4.69) is 5.48 Å². The first-order valence-corrected chi connectivity index (χ1v) is 3.42. The first-order valence-electron chi connectivity index (χ1n) is 3.42. The number of hydrogen-bond acceptors (Lipinski definition) is 5. The fourth-order valence-corrected chi connectivity index (χ4v) is 0.676. The number of rotatable bonds is 5. The van der Waals surface area contributed by atoms with Crippen LogP contribution in [0.4, 0.5) is 0 Å². The van der Waals surface area contributed by atoms with Crippen LogP contribution in [0.5, 0.6) is 0 Å². The van der Waals surface area contributed by atoms with Gasteiger partial charge in [-0.25, -0.2) is 5.48 Å². The summed E-state index contributed by atoms with van der Waals surface area (Å²) >= 11 is 0. The lowest BCUT2D eigenvalue weighted by Crippen LogP contribution is -2.41. The molecule has 0 fully saturated rings. The van der Waals surface area contributed by atoms with Crippen molar-refractivity contribution in [1.29, 1.82) is 0 Å². The van der Waals surface area contributed by atoms with Crippen LogP contribution in [0.15, 0.2) is 0 Å². The minimum absolute atomic E-state index is 0.474. The van der Waals surface area contributed by atoms with E-state index in [0.29, 0.717) is 0 Å². The number of hydroxylamine groups is 1. The Morgan fingerprint density at radius 1 is 1.45 bits per heavy atom. The Hall–Kier alpha value is -0.200. The van der Waals surface area contributed by atoms with Crippen molar-refractivity contribution < 1.29 is 20.2 Å². The van der Waals surface area contributed by atoms with Crippen LogP contribution in [0.25, 0.3) is 0 Å². The van der Waals surface area contributed by atoms with Gasteiger partial charge in [-0.15, -0.1) is 0 Å². The second-order valence-corrected chi connectivity index (χ2v) is 2.27. The first-order chi connectivity index (χ1) is 5.13. The lowest BCUT2D eigenvalue weighted by Gasteiger charge is -2.21. The van der Waals surface area contributed by atoms with Gasteiger partial charge in [-0.05, 0) is 6.92 Å². The zero-order valence-electron chi connectivity index (χ0n) is 6.69. The van der Waals surface area contributed by atoms with Gasteiger partial charge in [0.2, 0.25) is 0 Å². The summed E-state index contributed by atoms with van der Waals surface area (Å²) in [5.41, 5.74) is 2.37. The summed E-state index contributed by atoms with van der Waals surface area (Å²) in [6.07, 6.45) is -2.78. The molecule has 5 heteroatoms. The van der Waals surface area contributed by atoms with Crippen molar-refractivity contribution in [1.82, 2.24) is 5.48 Å². The number of hydrogen-bond donors (Lipinski definition) is 4.